The van der Waals surface area contributed by atoms with Crippen molar-refractivity contribution in [1.29, 1.82) is 0 Å². The predicted octanol–water partition coefficient (Wildman–Crippen LogP) is 11.7. The highest BCUT2D eigenvalue weighted by molar-refractivity contribution is 5.70. The van der Waals surface area contributed by atoms with Crippen LogP contribution in [0.25, 0.3) is 0 Å². The van der Waals surface area contributed by atoms with Crippen molar-refractivity contribution in [2.75, 3.05) is 54.2 Å². The second kappa shape index (κ2) is 40.3. The fourth-order valence-electron chi connectivity index (χ4n) is 6.13. The van der Waals surface area contributed by atoms with Crippen molar-refractivity contribution in [3.63, 3.8) is 0 Å². The van der Waals surface area contributed by atoms with Crippen molar-refractivity contribution in [2.45, 2.75) is 187 Å². The molecule has 0 aliphatic rings. The molecule has 0 amide bonds. The normalized spacial score (nSPS) is 12.8. The number of hydrogen-bond acceptors (Lipinski definition) is 9. The van der Waals surface area contributed by atoms with Gasteiger partial charge >= 0.3 is 18.1 Å². The highest BCUT2D eigenvalue weighted by atomic mass is 16.7. The van der Waals surface area contributed by atoms with Crippen molar-refractivity contribution in [1.82, 2.24) is 4.90 Å². The Morgan fingerprint density at radius 3 is 1.67 bits per heavy atom. The summed E-state index contributed by atoms with van der Waals surface area (Å²) in [7, 11) is 5.53. The average molecular weight is 766 g/mol. The minimum atomic E-state index is -0.680. The number of carbonyl (C=O) groups excluding carboxylic acids is 3. The van der Waals surface area contributed by atoms with Gasteiger partial charge in [-0.25, -0.2) is 4.79 Å². The van der Waals surface area contributed by atoms with E-state index in [1.165, 1.54) is 89.9 Å². The molecule has 2 atom stereocenters. The minimum Gasteiger partial charge on any atom is -0.465 e. The van der Waals surface area contributed by atoms with Crippen LogP contribution in [-0.2, 0) is 33.3 Å². The highest BCUT2D eigenvalue weighted by Crippen LogP contribution is 2.17. The largest absolute Gasteiger partial charge is 0.508 e. The van der Waals surface area contributed by atoms with Gasteiger partial charge < -0.3 is 28.6 Å². The Morgan fingerprint density at radius 1 is 0.556 bits per heavy atom. The summed E-state index contributed by atoms with van der Waals surface area (Å²) in [6, 6.07) is 0. The summed E-state index contributed by atoms with van der Waals surface area (Å²) in [4.78, 5) is 39.5. The first-order valence-electron chi connectivity index (χ1n) is 21.9. The molecule has 2 unspecified atom stereocenters. The van der Waals surface area contributed by atoms with Crippen LogP contribution in [0.4, 0.5) is 4.79 Å². The van der Waals surface area contributed by atoms with Crippen LogP contribution in [-0.4, -0.2) is 83.3 Å². The lowest BCUT2D eigenvalue weighted by Gasteiger charge is -2.19. The van der Waals surface area contributed by atoms with E-state index < -0.39 is 12.3 Å². The molecule has 0 aromatic carbocycles. The van der Waals surface area contributed by atoms with Gasteiger partial charge in [-0.1, -0.05) is 128 Å². The van der Waals surface area contributed by atoms with Gasteiger partial charge in [0.15, 0.2) is 0 Å². The molecule has 0 fully saturated rings. The molecule has 0 aromatic heterocycles. The zero-order chi connectivity index (χ0) is 39.7. The predicted molar refractivity (Wildman–Crippen MR) is 222 cm³/mol. The Labute approximate surface area is 331 Å². The fraction of sp³-hybridized carbons (Fsp3) is 0.844. The van der Waals surface area contributed by atoms with Gasteiger partial charge in [-0.15, -0.1) is 0 Å². The fourth-order valence-corrected chi connectivity index (χ4v) is 6.13. The Hall–Kier alpha value is -2.39. The molecule has 0 spiro atoms. The van der Waals surface area contributed by atoms with Crippen molar-refractivity contribution in [2.24, 2.45) is 5.92 Å². The van der Waals surface area contributed by atoms with Crippen molar-refractivity contribution < 1.29 is 38.1 Å². The van der Waals surface area contributed by atoms with Crippen LogP contribution in [0, 0.1) is 5.92 Å². The molecule has 0 aliphatic carbocycles. The summed E-state index contributed by atoms with van der Waals surface area (Å²) in [5.74, 6) is -0.847. The number of allylic oxidation sites excluding steroid dienone is 4. The molecule has 316 valence electrons. The lowest BCUT2D eigenvalue weighted by Crippen LogP contribution is -2.25. The molecular weight excluding hydrogens is 682 g/mol. The SMILES string of the molecule is CCCCC/C=C\C/C=C\CCCCCCCC(=O)OCC(COC)COC(=O)CCC(CCCCCCCCCCCC)OC(=O)OCCCN(C)C. The summed E-state index contributed by atoms with van der Waals surface area (Å²) >= 11 is 0. The molecule has 0 heterocycles. The smallest absolute Gasteiger partial charge is 0.465 e. The van der Waals surface area contributed by atoms with Gasteiger partial charge in [0.05, 0.1) is 32.3 Å². The summed E-state index contributed by atoms with van der Waals surface area (Å²) in [5.41, 5.74) is 0. The number of ether oxygens (including phenoxy) is 5. The molecule has 0 rings (SSSR count). The van der Waals surface area contributed by atoms with E-state index in [1.54, 1.807) is 7.11 Å². The highest BCUT2D eigenvalue weighted by Gasteiger charge is 2.20. The zero-order valence-corrected chi connectivity index (χ0v) is 35.6. The third-order valence-electron chi connectivity index (χ3n) is 9.48. The summed E-state index contributed by atoms with van der Waals surface area (Å²) < 4.78 is 27.3. The average Bonchev–Trinajstić information content (AvgIpc) is 3.15. The van der Waals surface area contributed by atoms with Crippen molar-refractivity contribution in [3.8, 4) is 0 Å². The van der Waals surface area contributed by atoms with Gasteiger partial charge in [0, 0.05) is 26.5 Å². The van der Waals surface area contributed by atoms with Crippen LogP contribution in [0.3, 0.4) is 0 Å². The lowest BCUT2D eigenvalue weighted by atomic mass is 10.0. The second-order valence-electron chi connectivity index (χ2n) is 15.2. The van der Waals surface area contributed by atoms with Gasteiger partial charge in [0.2, 0.25) is 0 Å². The Balaban J connectivity index is 4.37. The van der Waals surface area contributed by atoms with Crippen molar-refractivity contribution in [3.05, 3.63) is 24.3 Å². The third-order valence-corrected chi connectivity index (χ3v) is 9.48. The van der Waals surface area contributed by atoms with Crippen molar-refractivity contribution >= 4 is 18.1 Å². The second-order valence-corrected chi connectivity index (χ2v) is 15.2. The maximum Gasteiger partial charge on any atom is 0.508 e. The Morgan fingerprint density at radius 2 is 1.07 bits per heavy atom. The molecule has 9 nitrogen and oxygen atoms in total. The first-order chi connectivity index (χ1) is 26.3. The number of unbranched alkanes of at least 4 members (excludes halogenated alkanes) is 17. The number of carbonyl (C=O) groups is 3. The summed E-state index contributed by atoms with van der Waals surface area (Å²) in [6.07, 6.45) is 35.0. The molecule has 0 radical (unpaired) electrons. The Kier molecular flexibility index (Phi) is 38.5. The van der Waals surface area contributed by atoms with E-state index in [0.29, 0.717) is 32.5 Å². The van der Waals surface area contributed by atoms with E-state index in [9.17, 15) is 14.4 Å². The van der Waals surface area contributed by atoms with Crippen LogP contribution < -0.4 is 0 Å². The van der Waals surface area contributed by atoms with Crippen LogP contribution in [0.5, 0.6) is 0 Å². The van der Waals surface area contributed by atoms with Crippen LogP contribution in [0.1, 0.15) is 181 Å². The molecule has 0 aliphatic heterocycles. The van der Waals surface area contributed by atoms with Gasteiger partial charge in [-0.05, 0) is 78.3 Å². The lowest BCUT2D eigenvalue weighted by molar-refractivity contribution is -0.150. The molecule has 9 heteroatoms. The number of hydrogen-bond donors (Lipinski definition) is 0. The molecule has 54 heavy (non-hydrogen) atoms. The summed E-state index contributed by atoms with van der Waals surface area (Å²) in [5, 5.41) is 0. The van der Waals surface area contributed by atoms with E-state index in [-0.39, 0.29) is 37.5 Å². The van der Waals surface area contributed by atoms with Gasteiger partial charge in [0.25, 0.3) is 0 Å². The Bertz CT molecular complexity index is 921. The number of methoxy groups -OCH3 is 1. The van der Waals surface area contributed by atoms with E-state index in [4.69, 9.17) is 23.7 Å². The van der Waals surface area contributed by atoms with Crippen LogP contribution in [0.2, 0.25) is 0 Å². The molecule has 0 saturated carbocycles. The van der Waals surface area contributed by atoms with Crippen LogP contribution >= 0.6 is 0 Å². The van der Waals surface area contributed by atoms with Crippen LogP contribution in [0.15, 0.2) is 24.3 Å². The zero-order valence-electron chi connectivity index (χ0n) is 35.6. The molecule has 0 N–H and O–H groups in total. The molecule has 0 saturated heterocycles. The topological polar surface area (TPSA) is 101 Å². The quantitative estimate of drug-likeness (QED) is 0.0262. The van der Waals surface area contributed by atoms with Gasteiger partial charge in [-0.3, -0.25) is 9.59 Å². The monoisotopic (exact) mass is 766 g/mol. The maximum absolute atomic E-state index is 12.7. The first kappa shape index (κ1) is 51.6. The molecule has 0 aromatic rings. The van der Waals surface area contributed by atoms with Gasteiger partial charge in [-0.2, -0.15) is 0 Å². The van der Waals surface area contributed by atoms with E-state index in [0.717, 1.165) is 57.9 Å². The summed E-state index contributed by atoms with van der Waals surface area (Å²) in [6.45, 7) is 6.15. The molecule has 0 bridgehead atoms. The van der Waals surface area contributed by atoms with E-state index in [2.05, 4.69) is 38.2 Å². The minimum absolute atomic E-state index is 0.0987. The number of esters is 2. The third kappa shape index (κ3) is 37.9. The first-order valence-corrected chi connectivity index (χ1v) is 21.9. The van der Waals surface area contributed by atoms with E-state index >= 15 is 0 Å². The standard InChI is InChI=1S/C45H83NO8/c1-6-8-10-12-14-16-18-19-20-21-22-24-26-28-30-33-43(47)52-39-41(38-50-5)40-53-44(48)35-34-42(54-45(49)51-37-31-36-46(3)4)32-29-27-25-23-17-15-13-11-9-7-2/h14,16,19-20,41-42H,6-13,15,17-18,21-40H2,1-5H3/b16-14-,20-19-. The maximum atomic E-state index is 12.7. The van der Waals surface area contributed by atoms with E-state index in [1.807, 2.05) is 19.0 Å². The van der Waals surface area contributed by atoms with Gasteiger partial charge in [0.1, 0.15) is 6.10 Å². The number of rotatable bonds is 39. The molecular formula is C45H83NO8. The number of nitrogens with zero attached hydrogens (tertiary/aromatic N) is 1.